The summed E-state index contributed by atoms with van der Waals surface area (Å²) < 4.78 is 5.53. The van der Waals surface area contributed by atoms with E-state index in [0.717, 1.165) is 26.1 Å². The number of carbonyl (C=O) groups excluding carboxylic acids is 1. The van der Waals surface area contributed by atoms with Crippen molar-refractivity contribution in [2.75, 3.05) is 33.3 Å². The van der Waals surface area contributed by atoms with E-state index in [1.54, 1.807) is 6.92 Å². The van der Waals surface area contributed by atoms with E-state index in [4.69, 9.17) is 4.74 Å². The van der Waals surface area contributed by atoms with Gasteiger partial charge in [-0.1, -0.05) is 0 Å². The summed E-state index contributed by atoms with van der Waals surface area (Å²) >= 11 is 0. The van der Waals surface area contributed by atoms with Crippen LogP contribution in [0.15, 0.2) is 0 Å². The molecule has 1 aliphatic rings. The zero-order valence-corrected chi connectivity index (χ0v) is 8.38. The number of hydrogen-bond donors (Lipinski definition) is 1. The van der Waals surface area contributed by atoms with Gasteiger partial charge in [0.05, 0.1) is 12.7 Å². The summed E-state index contributed by atoms with van der Waals surface area (Å²) in [5, 5.41) is 3.08. The van der Waals surface area contributed by atoms with Gasteiger partial charge in [0, 0.05) is 20.0 Å². The molecule has 1 amide bonds. The third kappa shape index (κ3) is 3.32. The summed E-state index contributed by atoms with van der Waals surface area (Å²) in [6.45, 7) is 4.72. The second-order valence-electron chi connectivity index (χ2n) is 3.35. The highest BCUT2D eigenvalue weighted by atomic mass is 16.5. The molecular formula is C9H18N2O2. The molecule has 4 heteroatoms. The molecule has 1 atom stereocenters. The summed E-state index contributed by atoms with van der Waals surface area (Å²) in [7, 11) is 1.92. The van der Waals surface area contributed by atoms with E-state index in [2.05, 4.69) is 5.32 Å². The Morgan fingerprint density at radius 3 is 3.08 bits per heavy atom. The van der Waals surface area contributed by atoms with Crippen molar-refractivity contribution >= 4 is 5.91 Å². The Morgan fingerprint density at radius 2 is 2.46 bits per heavy atom. The topological polar surface area (TPSA) is 41.6 Å². The number of carbonyl (C=O) groups is 1. The largest absolute Gasteiger partial charge is 0.374 e. The van der Waals surface area contributed by atoms with Crippen LogP contribution in [0, 0.1) is 0 Å². The van der Waals surface area contributed by atoms with Gasteiger partial charge in [-0.25, -0.2) is 0 Å². The fourth-order valence-electron chi connectivity index (χ4n) is 1.49. The van der Waals surface area contributed by atoms with E-state index in [0.29, 0.717) is 6.61 Å². The maximum atomic E-state index is 11.1. The highest BCUT2D eigenvalue weighted by Gasteiger charge is 2.21. The van der Waals surface area contributed by atoms with Gasteiger partial charge in [0.2, 0.25) is 5.91 Å². The predicted molar refractivity (Wildman–Crippen MR) is 50.5 cm³/mol. The third-order valence-corrected chi connectivity index (χ3v) is 2.30. The lowest BCUT2D eigenvalue weighted by molar-refractivity contribution is -0.136. The summed E-state index contributed by atoms with van der Waals surface area (Å²) in [5.41, 5.74) is 0. The van der Waals surface area contributed by atoms with E-state index in [9.17, 15) is 4.79 Å². The summed E-state index contributed by atoms with van der Waals surface area (Å²) in [5.74, 6) is 0.151. The summed E-state index contributed by atoms with van der Waals surface area (Å²) in [6, 6.07) is 0. The van der Waals surface area contributed by atoms with Crippen LogP contribution in [0.3, 0.4) is 0 Å². The van der Waals surface area contributed by atoms with Gasteiger partial charge in [0.15, 0.2) is 0 Å². The lowest BCUT2D eigenvalue weighted by Crippen LogP contribution is -2.45. The van der Waals surface area contributed by atoms with Gasteiger partial charge in [0.1, 0.15) is 0 Å². The van der Waals surface area contributed by atoms with E-state index in [1.807, 2.05) is 11.9 Å². The van der Waals surface area contributed by atoms with Crippen molar-refractivity contribution in [1.82, 2.24) is 10.2 Å². The SMILES string of the molecule is CNCCC1CN(C(C)=O)CCO1. The Bertz CT molecular complexity index is 173. The van der Waals surface area contributed by atoms with Crippen LogP contribution in [0.1, 0.15) is 13.3 Å². The van der Waals surface area contributed by atoms with Crippen molar-refractivity contribution in [2.45, 2.75) is 19.4 Å². The van der Waals surface area contributed by atoms with Crippen LogP contribution < -0.4 is 5.32 Å². The average Bonchev–Trinajstić information content (AvgIpc) is 2.15. The van der Waals surface area contributed by atoms with Gasteiger partial charge >= 0.3 is 0 Å². The first-order chi connectivity index (χ1) is 6.24. The Labute approximate surface area is 79.2 Å². The van der Waals surface area contributed by atoms with Gasteiger partial charge in [-0.05, 0) is 20.0 Å². The van der Waals surface area contributed by atoms with Crippen LogP contribution in [0.5, 0.6) is 0 Å². The van der Waals surface area contributed by atoms with Crippen LogP contribution in [-0.2, 0) is 9.53 Å². The first-order valence-corrected chi connectivity index (χ1v) is 4.75. The number of hydrogen-bond acceptors (Lipinski definition) is 3. The van der Waals surface area contributed by atoms with Gasteiger partial charge in [-0.3, -0.25) is 4.79 Å². The van der Waals surface area contributed by atoms with Gasteiger partial charge < -0.3 is 15.0 Å². The predicted octanol–water partition coefficient (Wildman–Crippen LogP) is -0.157. The van der Waals surface area contributed by atoms with Gasteiger partial charge in [0.25, 0.3) is 0 Å². The first-order valence-electron chi connectivity index (χ1n) is 4.75. The molecule has 0 aromatic rings. The van der Waals surface area contributed by atoms with Crippen LogP contribution in [0.4, 0.5) is 0 Å². The number of ether oxygens (including phenoxy) is 1. The molecule has 0 saturated carbocycles. The number of amides is 1. The van der Waals surface area contributed by atoms with E-state index in [-0.39, 0.29) is 12.0 Å². The molecule has 4 nitrogen and oxygen atoms in total. The monoisotopic (exact) mass is 186 g/mol. The molecule has 1 unspecified atom stereocenters. The fraction of sp³-hybridized carbons (Fsp3) is 0.889. The number of rotatable bonds is 3. The molecule has 0 spiro atoms. The second-order valence-corrected chi connectivity index (χ2v) is 3.35. The maximum absolute atomic E-state index is 11.1. The molecule has 1 fully saturated rings. The molecule has 0 aromatic heterocycles. The number of morpholine rings is 1. The number of nitrogens with one attached hydrogen (secondary N) is 1. The molecule has 1 rings (SSSR count). The quantitative estimate of drug-likeness (QED) is 0.666. The first kappa shape index (κ1) is 10.5. The smallest absolute Gasteiger partial charge is 0.219 e. The molecule has 76 valence electrons. The Hall–Kier alpha value is -0.610. The third-order valence-electron chi connectivity index (χ3n) is 2.30. The second kappa shape index (κ2) is 5.19. The van der Waals surface area contributed by atoms with Crippen molar-refractivity contribution in [3.63, 3.8) is 0 Å². The molecule has 0 aromatic carbocycles. The van der Waals surface area contributed by atoms with E-state index in [1.165, 1.54) is 0 Å². The van der Waals surface area contributed by atoms with Crippen LogP contribution in [-0.4, -0.2) is 50.2 Å². The molecule has 0 radical (unpaired) electrons. The van der Waals surface area contributed by atoms with Crippen LogP contribution >= 0.6 is 0 Å². The average molecular weight is 186 g/mol. The highest BCUT2D eigenvalue weighted by molar-refractivity contribution is 5.73. The Morgan fingerprint density at radius 1 is 1.69 bits per heavy atom. The molecule has 0 aliphatic carbocycles. The van der Waals surface area contributed by atoms with Crippen molar-refractivity contribution in [1.29, 1.82) is 0 Å². The fourth-order valence-corrected chi connectivity index (χ4v) is 1.49. The van der Waals surface area contributed by atoms with E-state index < -0.39 is 0 Å². The van der Waals surface area contributed by atoms with Crippen LogP contribution in [0.2, 0.25) is 0 Å². The summed E-state index contributed by atoms with van der Waals surface area (Å²) in [6.07, 6.45) is 1.19. The van der Waals surface area contributed by atoms with Crippen molar-refractivity contribution in [3.8, 4) is 0 Å². The minimum atomic E-state index is 0.151. The highest BCUT2D eigenvalue weighted by Crippen LogP contribution is 2.07. The van der Waals surface area contributed by atoms with Crippen molar-refractivity contribution < 1.29 is 9.53 Å². The lowest BCUT2D eigenvalue weighted by Gasteiger charge is -2.32. The molecule has 0 bridgehead atoms. The van der Waals surface area contributed by atoms with E-state index >= 15 is 0 Å². The maximum Gasteiger partial charge on any atom is 0.219 e. The standard InChI is InChI=1S/C9H18N2O2/c1-8(12)11-5-6-13-9(7-11)3-4-10-2/h9-10H,3-7H2,1-2H3. The molecule has 1 saturated heterocycles. The van der Waals surface area contributed by atoms with Gasteiger partial charge in [-0.15, -0.1) is 0 Å². The Balaban J connectivity index is 2.29. The molecule has 1 N–H and O–H groups in total. The molecule has 1 aliphatic heterocycles. The molecule has 1 heterocycles. The number of nitrogens with zero attached hydrogens (tertiary/aromatic N) is 1. The minimum Gasteiger partial charge on any atom is -0.374 e. The van der Waals surface area contributed by atoms with Gasteiger partial charge in [-0.2, -0.15) is 0 Å². The van der Waals surface area contributed by atoms with Crippen molar-refractivity contribution in [2.24, 2.45) is 0 Å². The normalized spacial score (nSPS) is 23.2. The minimum absolute atomic E-state index is 0.151. The van der Waals surface area contributed by atoms with Crippen molar-refractivity contribution in [3.05, 3.63) is 0 Å². The molecular weight excluding hydrogens is 168 g/mol. The zero-order valence-electron chi connectivity index (χ0n) is 8.38. The molecule has 13 heavy (non-hydrogen) atoms. The summed E-state index contributed by atoms with van der Waals surface area (Å²) in [4.78, 5) is 12.9. The lowest BCUT2D eigenvalue weighted by atomic mass is 10.2. The Kier molecular flexibility index (Phi) is 4.18. The van der Waals surface area contributed by atoms with Crippen LogP contribution in [0.25, 0.3) is 0 Å². The zero-order chi connectivity index (χ0) is 9.68.